The van der Waals surface area contributed by atoms with Crippen LogP contribution in [0.3, 0.4) is 0 Å². The fourth-order valence-corrected chi connectivity index (χ4v) is 4.12. The third kappa shape index (κ3) is 5.77. The molecule has 1 fully saturated rings. The largest absolute Gasteiger partial charge is 0.493 e. The summed E-state index contributed by atoms with van der Waals surface area (Å²) < 4.78 is 12.5. The molecule has 1 aliphatic carbocycles. The predicted molar refractivity (Wildman–Crippen MR) is 115 cm³/mol. The lowest BCUT2D eigenvalue weighted by Gasteiger charge is -2.23. The summed E-state index contributed by atoms with van der Waals surface area (Å²) >= 11 is 15.7. The van der Waals surface area contributed by atoms with E-state index in [1.165, 1.54) is 37.7 Å². The average Bonchev–Trinajstić information content (AvgIpc) is 2.69. The van der Waals surface area contributed by atoms with Crippen molar-refractivity contribution in [2.24, 2.45) is 0 Å². The maximum Gasteiger partial charge on any atom is 0.162 e. The molecule has 146 valence electrons. The molecule has 1 aliphatic rings. The first-order valence-corrected chi connectivity index (χ1v) is 10.8. The molecule has 0 amide bonds. The number of halogens is 3. The Kier molecular flexibility index (Phi) is 7.71. The van der Waals surface area contributed by atoms with Crippen molar-refractivity contribution in [3.05, 3.63) is 56.0 Å². The molecule has 0 atom stereocenters. The summed E-state index contributed by atoms with van der Waals surface area (Å²) in [6, 6.07) is 10.1. The number of hydrogen-bond acceptors (Lipinski definition) is 3. The van der Waals surface area contributed by atoms with E-state index < -0.39 is 0 Å². The van der Waals surface area contributed by atoms with Gasteiger partial charge < -0.3 is 14.8 Å². The van der Waals surface area contributed by atoms with Crippen LogP contribution >= 0.6 is 39.1 Å². The molecule has 0 spiro atoms. The van der Waals surface area contributed by atoms with Crippen LogP contribution in [-0.2, 0) is 13.2 Å². The van der Waals surface area contributed by atoms with Gasteiger partial charge in [-0.15, -0.1) is 0 Å². The molecular formula is C21H24BrCl2NO2. The Morgan fingerprint density at radius 3 is 2.52 bits per heavy atom. The molecule has 3 nitrogen and oxygen atoms in total. The lowest BCUT2D eigenvalue weighted by molar-refractivity contribution is 0.284. The van der Waals surface area contributed by atoms with Gasteiger partial charge in [0.05, 0.1) is 17.2 Å². The molecule has 2 aromatic carbocycles. The second kappa shape index (κ2) is 10.0. The molecule has 0 saturated heterocycles. The molecule has 0 heterocycles. The van der Waals surface area contributed by atoms with E-state index in [0.29, 0.717) is 28.4 Å². The van der Waals surface area contributed by atoms with Gasteiger partial charge in [0.25, 0.3) is 0 Å². The Morgan fingerprint density at radius 1 is 1.04 bits per heavy atom. The van der Waals surface area contributed by atoms with E-state index in [4.69, 9.17) is 32.7 Å². The van der Waals surface area contributed by atoms with Crippen molar-refractivity contribution in [2.75, 3.05) is 7.11 Å². The summed E-state index contributed by atoms with van der Waals surface area (Å²) in [5.41, 5.74) is 2.12. The fraction of sp³-hybridized carbons (Fsp3) is 0.429. The van der Waals surface area contributed by atoms with Crippen LogP contribution in [0.2, 0.25) is 10.0 Å². The summed E-state index contributed by atoms with van der Waals surface area (Å²) in [7, 11) is 1.66. The van der Waals surface area contributed by atoms with Crippen molar-refractivity contribution in [1.82, 2.24) is 5.32 Å². The minimum Gasteiger partial charge on any atom is -0.493 e. The SMILES string of the molecule is COc1cc(CNC2CCCCC2)c(Br)cc1OCc1ccc(Cl)c(Cl)c1. The van der Waals surface area contributed by atoms with E-state index in [1.54, 1.807) is 13.2 Å². The predicted octanol–water partition coefficient (Wildman–Crippen LogP) is 6.77. The lowest BCUT2D eigenvalue weighted by Crippen LogP contribution is -2.30. The Balaban J connectivity index is 1.66. The van der Waals surface area contributed by atoms with Gasteiger partial charge in [0.2, 0.25) is 0 Å². The van der Waals surface area contributed by atoms with Crippen LogP contribution in [0.25, 0.3) is 0 Å². The van der Waals surface area contributed by atoms with Crippen molar-refractivity contribution in [3.63, 3.8) is 0 Å². The highest BCUT2D eigenvalue weighted by Gasteiger charge is 2.15. The maximum absolute atomic E-state index is 6.07. The van der Waals surface area contributed by atoms with E-state index in [1.807, 2.05) is 24.3 Å². The maximum atomic E-state index is 6.07. The molecule has 2 aromatic rings. The van der Waals surface area contributed by atoms with E-state index in [-0.39, 0.29) is 0 Å². The second-order valence-corrected chi connectivity index (χ2v) is 8.52. The lowest BCUT2D eigenvalue weighted by atomic mass is 9.95. The molecular weight excluding hydrogens is 449 g/mol. The summed E-state index contributed by atoms with van der Waals surface area (Å²) in [6.45, 7) is 1.20. The number of hydrogen-bond donors (Lipinski definition) is 1. The Bertz CT molecular complexity index is 779. The molecule has 27 heavy (non-hydrogen) atoms. The summed E-state index contributed by atoms with van der Waals surface area (Å²) in [4.78, 5) is 0. The zero-order chi connectivity index (χ0) is 19.2. The monoisotopic (exact) mass is 471 g/mol. The number of ether oxygens (including phenoxy) is 2. The highest BCUT2D eigenvalue weighted by molar-refractivity contribution is 9.10. The molecule has 0 aliphatic heterocycles. The van der Waals surface area contributed by atoms with E-state index in [9.17, 15) is 0 Å². The normalized spacial score (nSPS) is 15.0. The third-order valence-electron chi connectivity index (χ3n) is 4.90. The molecule has 1 saturated carbocycles. The summed E-state index contributed by atoms with van der Waals surface area (Å²) in [5.74, 6) is 1.41. The van der Waals surface area contributed by atoms with E-state index in [2.05, 4.69) is 21.2 Å². The number of methoxy groups -OCH3 is 1. The molecule has 0 bridgehead atoms. The van der Waals surface area contributed by atoms with Gasteiger partial charge in [0.1, 0.15) is 6.61 Å². The summed E-state index contributed by atoms with van der Waals surface area (Å²) in [6.07, 6.45) is 6.53. The molecule has 0 unspecified atom stereocenters. The Labute approximate surface area is 179 Å². The van der Waals surface area contributed by atoms with Crippen molar-refractivity contribution in [3.8, 4) is 11.5 Å². The van der Waals surface area contributed by atoms with Crippen LogP contribution < -0.4 is 14.8 Å². The number of rotatable bonds is 7. The minimum atomic E-state index is 0.388. The van der Waals surface area contributed by atoms with Gasteiger partial charge >= 0.3 is 0 Å². The van der Waals surface area contributed by atoms with Crippen LogP contribution in [-0.4, -0.2) is 13.2 Å². The van der Waals surface area contributed by atoms with Gasteiger partial charge in [0.15, 0.2) is 11.5 Å². The standard InChI is InChI=1S/C21H24BrCl2NO2/c1-26-20-10-15(12-25-16-5-3-2-4-6-16)17(22)11-21(20)27-13-14-7-8-18(23)19(24)9-14/h7-11,16,25H,2-6,12-13H2,1H3. The molecule has 6 heteroatoms. The van der Waals surface area contributed by atoms with Crippen molar-refractivity contribution < 1.29 is 9.47 Å². The van der Waals surface area contributed by atoms with Gasteiger partial charge in [-0.05, 0) is 48.2 Å². The van der Waals surface area contributed by atoms with E-state index >= 15 is 0 Å². The first-order valence-electron chi connectivity index (χ1n) is 9.23. The zero-order valence-electron chi connectivity index (χ0n) is 15.4. The number of benzene rings is 2. The van der Waals surface area contributed by atoms with Crippen LogP contribution in [0, 0.1) is 0 Å². The van der Waals surface area contributed by atoms with Gasteiger partial charge in [0, 0.05) is 17.1 Å². The number of nitrogens with one attached hydrogen (secondary N) is 1. The smallest absolute Gasteiger partial charge is 0.162 e. The molecule has 0 radical (unpaired) electrons. The van der Waals surface area contributed by atoms with Gasteiger partial charge in [-0.1, -0.05) is 64.5 Å². The quantitative estimate of drug-likeness (QED) is 0.482. The van der Waals surface area contributed by atoms with E-state index in [0.717, 1.165) is 22.3 Å². The van der Waals surface area contributed by atoms with Gasteiger partial charge in [-0.2, -0.15) is 0 Å². The highest BCUT2D eigenvalue weighted by Crippen LogP contribution is 2.34. The first kappa shape index (κ1) is 20.8. The van der Waals surface area contributed by atoms with Gasteiger partial charge in [-0.3, -0.25) is 0 Å². The van der Waals surface area contributed by atoms with Crippen molar-refractivity contribution >= 4 is 39.1 Å². The van der Waals surface area contributed by atoms with Crippen LogP contribution in [0.1, 0.15) is 43.2 Å². The Hall–Kier alpha value is -0.940. The molecule has 3 rings (SSSR count). The topological polar surface area (TPSA) is 30.5 Å². The zero-order valence-corrected chi connectivity index (χ0v) is 18.5. The molecule has 0 aromatic heterocycles. The second-order valence-electron chi connectivity index (χ2n) is 6.85. The minimum absolute atomic E-state index is 0.388. The van der Waals surface area contributed by atoms with Crippen LogP contribution in [0.15, 0.2) is 34.8 Å². The van der Waals surface area contributed by atoms with Crippen LogP contribution in [0.4, 0.5) is 0 Å². The molecule has 1 N–H and O–H groups in total. The van der Waals surface area contributed by atoms with Crippen molar-refractivity contribution in [1.29, 1.82) is 0 Å². The van der Waals surface area contributed by atoms with Crippen LogP contribution in [0.5, 0.6) is 11.5 Å². The summed E-state index contributed by atoms with van der Waals surface area (Å²) in [5, 5.41) is 4.73. The third-order valence-corrected chi connectivity index (χ3v) is 6.37. The average molecular weight is 473 g/mol. The Morgan fingerprint density at radius 2 is 1.81 bits per heavy atom. The van der Waals surface area contributed by atoms with Gasteiger partial charge in [-0.25, -0.2) is 0 Å². The highest BCUT2D eigenvalue weighted by atomic mass is 79.9. The van der Waals surface area contributed by atoms with Crippen molar-refractivity contribution in [2.45, 2.75) is 51.3 Å². The first-order chi connectivity index (χ1) is 13.1. The fourth-order valence-electron chi connectivity index (χ4n) is 3.34.